The van der Waals surface area contributed by atoms with E-state index in [0.717, 1.165) is 24.3 Å². The average molecular weight is 411 g/mol. The minimum atomic E-state index is -0.0768. The number of thiophene rings is 1. The summed E-state index contributed by atoms with van der Waals surface area (Å²) in [7, 11) is 0. The summed E-state index contributed by atoms with van der Waals surface area (Å²) in [6.45, 7) is 2.62. The van der Waals surface area contributed by atoms with Crippen LogP contribution >= 0.6 is 11.3 Å². The lowest BCUT2D eigenvalue weighted by Gasteiger charge is -2.35. The van der Waals surface area contributed by atoms with Gasteiger partial charge in [-0.05, 0) is 36.4 Å². The molecule has 150 valence electrons. The number of aromatic nitrogens is 3. The van der Waals surface area contributed by atoms with E-state index in [2.05, 4.69) is 25.6 Å². The molecular weight excluding hydrogens is 390 g/mol. The molecule has 0 unspecified atom stereocenters. The van der Waals surface area contributed by atoms with Crippen molar-refractivity contribution in [3.05, 3.63) is 35.0 Å². The standard InChI is InChI=1S/C19H21N7O2S/c27-17(13-4-5-13)22-18-21-15-2-1-3-16(26(15)23-18)24-7-9-25(10-8-24)19(28)20-14-6-11-29-12-14/h1-3,6,11-13H,4-5,7-10H2,(H,20,28)(H,22,23,27). The Morgan fingerprint density at radius 3 is 2.62 bits per heavy atom. The van der Waals surface area contributed by atoms with Gasteiger partial charge in [0.05, 0.1) is 5.69 Å². The van der Waals surface area contributed by atoms with Gasteiger partial charge in [-0.3, -0.25) is 10.1 Å². The number of fused-ring (bicyclic) bond motifs is 1. The second-order valence-corrected chi connectivity index (χ2v) is 8.05. The Hall–Kier alpha value is -3.14. The molecule has 10 heteroatoms. The largest absolute Gasteiger partial charge is 0.353 e. The Morgan fingerprint density at radius 1 is 1.07 bits per heavy atom. The Bertz CT molecular complexity index is 1040. The fraction of sp³-hybridized carbons (Fsp3) is 0.368. The van der Waals surface area contributed by atoms with Gasteiger partial charge in [0, 0.05) is 37.5 Å². The molecule has 2 fully saturated rings. The molecule has 0 bridgehead atoms. The zero-order valence-electron chi connectivity index (χ0n) is 15.7. The summed E-state index contributed by atoms with van der Waals surface area (Å²) in [6.07, 6.45) is 1.88. The third-order valence-corrected chi connectivity index (χ3v) is 5.87. The van der Waals surface area contributed by atoms with Crippen LogP contribution in [0, 0.1) is 5.92 Å². The number of carbonyl (C=O) groups is 2. The van der Waals surface area contributed by atoms with Crippen molar-refractivity contribution in [1.29, 1.82) is 0 Å². The van der Waals surface area contributed by atoms with Gasteiger partial charge >= 0.3 is 6.03 Å². The van der Waals surface area contributed by atoms with E-state index in [1.54, 1.807) is 15.9 Å². The summed E-state index contributed by atoms with van der Waals surface area (Å²) >= 11 is 1.55. The van der Waals surface area contributed by atoms with Crippen LogP contribution in [-0.4, -0.2) is 57.6 Å². The molecule has 0 radical (unpaired) electrons. The first kappa shape index (κ1) is 17.9. The predicted molar refractivity (Wildman–Crippen MR) is 111 cm³/mol. The third-order valence-electron chi connectivity index (χ3n) is 5.19. The van der Waals surface area contributed by atoms with Crippen molar-refractivity contribution in [1.82, 2.24) is 19.5 Å². The van der Waals surface area contributed by atoms with Crippen LogP contribution in [-0.2, 0) is 4.79 Å². The van der Waals surface area contributed by atoms with E-state index in [4.69, 9.17) is 0 Å². The minimum absolute atomic E-state index is 0.00675. The van der Waals surface area contributed by atoms with Gasteiger partial charge in [-0.25, -0.2) is 4.79 Å². The molecular formula is C19H21N7O2S. The number of nitrogens with zero attached hydrogens (tertiary/aromatic N) is 5. The topological polar surface area (TPSA) is 94.9 Å². The van der Waals surface area contributed by atoms with E-state index in [9.17, 15) is 9.59 Å². The summed E-state index contributed by atoms with van der Waals surface area (Å²) in [5.41, 5.74) is 1.52. The van der Waals surface area contributed by atoms with Gasteiger partial charge in [-0.2, -0.15) is 20.8 Å². The average Bonchev–Trinajstić information content (AvgIpc) is 3.32. The smallest absolute Gasteiger partial charge is 0.321 e. The zero-order chi connectivity index (χ0) is 19.8. The van der Waals surface area contributed by atoms with Gasteiger partial charge in [0.1, 0.15) is 5.82 Å². The first-order valence-electron chi connectivity index (χ1n) is 9.67. The molecule has 2 aliphatic rings. The molecule has 3 aromatic rings. The fourth-order valence-corrected chi connectivity index (χ4v) is 4.01. The van der Waals surface area contributed by atoms with Crippen molar-refractivity contribution in [2.24, 2.45) is 5.92 Å². The van der Waals surface area contributed by atoms with E-state index in [0.29, 0.717) is 37.8 Å². The van der Waals surface area contributed by atoms with Gasteiger partial charge in [-0.15, -0.1) is 5.10 Å². The maximum absolute atomic E-state index is 12.4. The van der Waals surface area contributed by atoms with Gasteiger partial charge in [0.25, 0.3) is 0 Å². The Kier molecular flexibility index (Phi) is 4.55. The van der Waals surface area contributed by atoms with Crippen LogP contribution in [0.1, 0.15) is 12.8 Å². The van der Waals surface area contributed by atoms with E-state index < -0.39 is 0 Å². The van der Waals surface area contributed by atoms with Crippen LogP contribution in [0.15, 0.2) is 35.0 Å². The highest BCUT2D eigenvalue weighted by Crippen LogP contribution is 2.30. The number of rotatable bonds is 4. The quantitative estimate of drug-likeness (QED) is 0.688. The Balaban J connectivity index is 1.27. The molecule has 0 atom stereocenters. The molecule has 4 heterocycles. The van der Waals surface area contributed by atoms with Gasteiger partial charge < -0.3 is 15.1 Å². The van der Waals surface area contributed by atoms with Crippen LogP contribution in [0.25, 0.3) is 5.65 Å². The van der Waals surface area contributed by atoms with Crippen molar-refractivity contribution in [3.63, 3.8) is 0 Å². The van der Waals surface area contributed by atoms with Gasteiger partial charge in [0.2, 0.25) is 11.9 Å². The monoisotopic (exact) mass is 411 g/mol. The number of pyridine rings is 1. The van der Waals surface area contributed by atoms with Crippen molar-refractivity contribution >= 4 is 46.4 Å². The number of urea groups is 1. The van der Waals surface area contributed by atoms with Crippen molar-refractivity contribution < 1.29 is 9.59 Å². The van der Waals surface area contributed by atoms with Gasteiger partial charge in [-0.1, -0.05) is 6.07 Å². The first-order valence-corrected chi connectivity index (χ1v) is 10.6. The van der Waals surface area contributed by atoms with Crippen molar-refractivity contribution in [2.75, 3.05) is 41.7 Å². The van der Waals surface area contributed by atoms with Crippen LogP contribution in [0.3, 0.4) is 0 Å². The number of piperazine rings is 1. The van der Waals surface area contributed by atoms with Crippen LogP contribution < -0.4 is 15.5 Å². The van der Waals surface area contributed by atoms with Crippen molar-refractivity contribution in [3.8, 4) is 0 Å². The molecule has 5 rings (SSSR count). The van der Waals surface area contributed by atoms with E-state index in [1.165, 1.54) is 0 Å². The molecule has 9 nitrogen and oxygen atoms in total. The fourth-order valence-electron chi connectivity index (χ4n) is 3.42. The number of hydrogen-bond acceptors (Lipinski definition) is 6. The number of amides is 3. The highest BCUT2D eigenvalue weighted by atomic mass is 32.1. The first-order chi connectivity index (χ1) is 14.2. The summed E-state index contributed by atoms with van der Waals surface area (Å²) in [6, 6.07) is 7.60. The molecule has 3 aromatic heterocycles. The summed E-state index contributed by atoms with van der Waals surface area (Å²) in [5, 5.41) is 14.1. The van der Waals surface area contributed by atoms with Crippen molar-refractivity contribution in [2.45, 2.75) is 12.8 Å². The number of nitrogens with one attached hydrogen (secondary N) is 2. The van der Waals surface area contributed by atoms with E-state index in [1.807, 2.05) is 39.9 Å². The maximum Gasteiger partial charge on any atom is 0.321 e. The molecule has 1 saturated carbocycles. The lowest BCUT2D eigenvalue weighted by Crippen LogP contribution is -2.50. The molecule has 1 aliphatic heterocycles. The molecule has 1 saturated heterocycles. The van der Waals surface area contributed by atoms with Crippen LogP contribution in [0.2, 0.25) is 0 Å². The predicted octanol–water partition coefficient (Wildman–Crippen LogP) is 2.49. The highest BCUT2D eigenvalue weighted by molar-refractivity contribution is 7.08. The minimum Gasteiger partial charge on any atom is -0.353 e. The molecule has 0 spiro atoms. The summed E-state index contributed by atoms with van der Waals surface area (Å²) in [5.74, 6) is 1.34. The van der Waals surface area contributed by atoms with E-state index in [-0.39, 0.29) is 17.9 Å². The summed E-state index contributed by atoms with van der Waals surface area (Å²) in [4.78, 5) is 32.8. The molecule has 0 aromatic carbocycles. The Labute approximate surface area is 171 Å². The lowest BCUT2D eigenvalue weighted by molar-refractivity contribution is -0.117. The molecule has 29 heavy (non-hydrogen) atoms. The van der Waals surface area contributed by atoms with Crippen LogP contribution in [0.4, 0.5) is 22.2 Å². The lowest BCUT2D eigenvalue weighted by atomic mass is 10.3. The molecule has 2 N–H and O–H groups in total. The van der Waals surface area contributed by atoms with Gasteiger partial charge in [0.15, 0.2) is 5.65 Å². The van der Waals surface area contributed by atoms with Crippen LogP contribution in [0.5, 0.6) is 0 Å². The number of anilines is 3. The Morgan fingerprint density at radius 2 is 1.90 bits per heavy atom. The second-order valence-electron chi connectivity index (χ2n) is 7.27. The highest BCUT2D eigenvalue weighted by Gasteiger charge is 2.30. The molecule has 3 amide bonds. The maximum atomic E-state index is 12.4. The number of hydrogen-bond donors (Lipinski definition) is 2. The normalized spacial score (nSPS) is 16.8. The summed E-state index contributed by atoms with van der Waals surface area (Å²) < 4.78 is 1.75. The zero-order valence-corrected chi connectivity index (χ0v) is 16.6. The SMILES string of the molecule is O=C(Nc1nc2cccc(N3CCN(C(=O)Nc4ccsc4)CC3)n2n1)C1CC1. The number of carbonyl (C=O) groups excluding carboxylic acids is 2. The third kappa shape index (κ3) is 3.75. The molecule has 1 aliphatic carbocycles. The van der Waals surface area contributed by atoms with E-state index >= 15 is 0 Å². The second kappa shape index (κ2) is 7.36.